The second-order valence-electron chi connectivity index (χ2n) is 4.00. The van der Waals surface area contributed by atoms with Gasteiger partial charge in [0.05, 0.1) is 11.9 Å². The highest BCUT2D eigenvalue weighted by Gasteiger charge is 2.04. The lowest BCUT2D eigenvalue weighted by Crippen LogP contribution is -2.20. The van der Waals surface area contributed by atoms with Gasteiger partial charge in [0.1, 0.15) is 5.15 Å². The third kappa shape index (κ3) is 2.53. The molecule has 0 amide bonds. The van der Waals surface area contributed by atoms with E-state index in [0.29, 0.717) is 11.6 Å². The van der Waals surface area contributed by atoms with Crippen molar-refractivity contribution in [1.82, 2.24) is 14.8 Å². The Morgan fingerprint density at radius 2 is 2.00 bits per heavy atom. The third-order valence-electron chi connectivity index (χ3n) is 2.37. The molecule has 2 heterocycles. The van der Waals surface area contributed by atoms with Gasteiger partial charge in [-0.15, -0.1) is 0 Å². The quantitative estimate of drug-likeness (QED) is 0.821. The zero-order chi connectivity index (χ0) is 12.4. The van der Waals surface area contributed by atoms with Crippen molar-refractivity contribution in [2.24, 2.45) is 0 Å². The highest BCUT2D eigenvalue weighted by atomic mass is 35.5. The largest absolute Gasteiger partial charge is 0.271 e. The second kappa shape index (κ2) is 4.67. The van der Waals surface area contributed by atoms with Crippen LogP contribution in [0, 0.1) is 0 Å². The smallest absolute Gasteiger partial charge is 0.267 e. The minimum atomic E-state index is -0.228. The van der Waals surface area contributed by atoms with Crippen LogP contribution in [0.5, 0.6) is 0 Å². The average Bonchev–Trinajstić information content (AvgIpc) is 2.32. The van der Waals surface area contributed by atoms with E-state index in [0.717, 1.165) is 5.69 Å². The van der Waals surface area contributed by atoms with Crippen LogP contribution < -0.4 is 5.56 Å². The zero-order valence-electron chi connectivity index (χ0n) is 9.59. The van der Waals surface area contributed by atoms with E-state index in [2.05, 4.69) is 23.9 Å². The van der Waals surface area contributed by atoms with Gasteiger partial charge in [0, 0.05) is 11.8 Å². The first-order valence-electron chi connectivity index (χ1n) is 5.30. The molecular weight excluding hydrogens is 238 g/mol. The molecule has 0 unspecified atom stereocenters. The molecule has 5 heteroatoms. The molecule has 0 N–H and O–H groups in total. The van der Waals surface area contributed by atoms with Gasteiger partial charge in [-0.25, -0.2) is 0 Å². The Balaban J connectivity index is 2.46. The normalized spacial score (nSPS) is 10.8. The van der Waals surface area contributed by atoms with Gasteiger partial charge in [0.25, 0.3) is 5.56 Å². The molecule has 0 spiro atoms. The Morgan fingerprint density at radius 3 is 2.59 bits per heavy atom. The van der Waals surface area contributed by atoms with E-state index in [4.69, 9.17) is 11.6 Å². The molecule has 0 aliphatic carbocycles. The zero-order valence-corrected chi connectivity index (χ0v) is 10.3. The van der Waals surface area contributed by atoms with Crippen molar-refractivity contribution in [3.8, 4) is 5.69 Å². The molecule has 0 atom stereocenters. The topological polar surface area (TPSA) is 47.8 Å². The van der Waals surface area contributed by atoms with Crippen LogP contribution in [0.2, 0.25) is 5.15 Å². The van der Waals surface area contributed by atoms with Crippen molar-refractivity contribution in [2.75, 3.05) is 0 Å². The second-order valence-corrected chi connectivity index (χ2v) is 4.39. The lowest BCUT2D eigenvalue weighted by molar-refractivity contribution is 0.785. The van der Waals surface area contributed by atoms with E-state index in [-0.39, 0.29) is 10.7 Å². The minimum Gasteiger partial charge on any atom is -0.267 e. The SMILES string of the molecule is CC(C)c1ccc(-n2nc(Cl)ccc2=O)cn1. The van der Waals surface area contributed by atoms with Gasteiger partial charge in [0.15, 0.2) is 0 Å². The number of rotatable bonds is 2. The van der Waals surface area contributed by atoms with Gasteiger partial charge < -0.3 is 0 Å². The summed E-state index contributed by atoms with van der Waals surface area (Å²) in [4.78, 5) is 15.9. The van der Waals surface area contributed by atoms with E-state index < -0.39 is 0 Å². The summed E-state index contributed by atoms with van der Waals surface area (Å²) in [6.45, 7) is 4.12. The molecule has 0 aliphatic rings. The number of pyridine rings is 1. The fourth-order valence-electron chi connectivity index (χ4n) is 1.44. The summed E-state index contributed by atoms with van der Waals surface area (Å²) in [6, 6.07) is 6.55. The van der Waals surface area contributed by atoms with Crippen molar-refractivity contribution >= 4 is 11.6 Å². The molecule has 2 rings (SSSR count). The van der Waals surface area contributed by atoms with Crippen LogP contribution in [-0.2, 0) is 0 Å². The first-order chi connectivity index (χ1) is 8.08. The summed E-state index contributed by atoms with van der Waals surface area (Å²) in [7, 11) is 0. The number of aromatic nitrogens is 3. The number of halogens is 1. The summed E-state index contributed by atoms with van der Waals surface area (Å²) in [5.74, 6) is 0.355. The number of hydrogen-bond donors (Lipinski definition) is 0. The van der Waals surface area contributed by atoms with Crippen molar-refractivity contribution < 1.29 is 0 Å². The summed E-state index contributed by atoms with van der Waals surface area (Å²) < 4.78 is 1.24. The molecule has 0 aromatic carbocycles. The molecule has 4 nitrogen and oxygen atoms in total. The van der Waals surface area contributed by atoms with E-state index in [1.165, 1.54) is 16.8 Å². The monoisotopic (exact) mass is 249 g/mol. The molecule has 0 fully saturated rings. The van der Waals surface area contributed by atoms with Crippen LogP contribution in [0.15, 0.2) is 35.3 Å². The average molecular weight is 250 g/mol. The van der Waals surface area contributed by atoms with Crippen LogP contribution in [-0.4, -0.2) is 14.8 Å². The lowest BCUT2D eigenvalue weighted by Gasteiger charge is -2.07. The number of nitrogens with zero attached hydrogens (tertiary/aromatic N) is 3. The van der Waals surface area contributed by atoms with Gasteiger partial charge >= 0.3 is 0 Å². The van der Waals surface area contributed by atoms with Gasteiger partial charge in [-0.3, -0.25) is 9.78 Å². The van der Waals surface area contributed by atoms with Crippen LogP contribution in [0.25, 0.3) is 5.69 Å². The Kier molecular flexibility index (Phi) is 3.24. The van der Waals surface area contributed by atoms with E-state index >= 15 is 0 Å². The molecule has 0 saturated heterocycles. The standard InChI is InChI=1S/C12H12ClN3O/c1-8(2)10-4-3-9(7-14-10)16-12(17)6-5-11(13)15-16/h3-8H,1-2H3. The fourth-order valence-corrected chi connectivity index (χ4v) is 1.58. The summed E-state index contributed by atoms with van der Waals surface area (Å²) in [6.07, 6.45) is 1.63. The van der Waals surface area contributed by atoms with Crippen molar-refractivity contribution in [3.63, 3.8) is 0 Å². The van der Waals surface area contributed by atoms with Crippen LogP contribution in [0.1, 0.15) is 25.5 Å². The molecule has 2 aromatic heterocycles. The number of hydrogen-bond acceptors (Lipinski definition) is 3. The van der Waals surface area contributed by atoms with Gasteiger partial charge in [0.2, 0.25) is 0 Å². The van der Waals surface area contributed by atoms with Crippen molar-refractivity contribution in [2.45, 2.75) is 19.8 Å². The third-order valence-corrected chi connectivity index (χ3v) is 2.58. The van der Waals surface area contributed by atoms with E-state index in [9.17, 15) is 4.79 Å². The van der Waals surface area contributed by atoms with Crippen molar-refractivity contribution in [1.29, 1.82) is 0 Å². The molecular formula is C12H12ClN3O. The lowest BCUT2D eigenvalue weighted by atomic mass is 10.1. The highest BCUT2D eigenvalue weighted by Crippen LogP contribution is 2.12. The molecule has 17 heavy (non-hydrogen) atoms. The molecule has 0 bridgehead atoms. The summed E-state index contributed by atoms with van der Waals surface area (Å²) in [5.41, 5.74) is 1.36. The van der Waals surface area contributed by atoms with E-state index in [1.807, 2.05) is 12.1 Å². The Hall–Kier alpha value is -1.68. The predicted octanol–water partition coefficient (Wildman–Crippen LogP) is 2.40. The Labute approximate surface area is 104 Å². The van der Waals surface area contributed by atoms with Crippen LogP contribution >= 0.6 is 11.6 Å². The molecule has 88 valence electrons. The van der Waals surface area contributed by atoms with Crippen LogP contribution in [0.4, 0.5) is 0 Å². The van der Waals surface area contributed by atoms with E-state index in [1.54, 1.807) is 6.20 Å². The van der Waals surface area contributed by atoms with Gasteiger partial charge in [-0.1, -0.05) is 25.4 Å². The first-order valence-corrected chi connectivity index (χ1v) is 5.68. The predicted molar refractivity (Wildman–Crippen MR) is 66.7 cm³/mol. The summed E-state index contributed by atoms with van der Waals surface area (Å²) in [5, 5.41) is 4.22. The highest BCUT2D eigenvalue weighted by molar-refractivity contribution is 6.29. The fraction of sp³-hybridized carbons (Fsp3) is 0.250. The summed E-state index contributed by atoms with van der Waals surface area (Å²) >= 11 is 5.76. The van der Waals surface area contributed by atoms with Crippen LogP contribution in [0.3, 0.4) is 0 Å². The molecule has 2 aromatic rings. The Bertz CT molecular complexity index is 575. The Morgan fingerprint density at radius 1 is 1.24 bits per heavy atom. The van der Waals surface area contributed by atoms with Crippen molar-refractivity contribution in [3.05, 3.63) is 51.7 Å². The maximum absolute atomic E-state index is 11.6. The molecule has 0 saturated carbocycles. The maximum Gasteiger partial charge on any atom is 0.271 e. The minimum absolute atomic E-state index is 0.228. The molecule has 0 radical (unpaired) electrons. The first kappa shape index (κ1) is 11.8. The molecule has 0 aliphatic heterocycles. The maximum atomic E-state index is 11.6. The van der Waals surface area contributed by atoms with Gasteiger partial charge in [-0.05, 0) is 24.1 Å². The van der Waals surface area contributed by atoms with Gasteiger partial charge in [-0.2, -0.15) is 9.78 Å².